The van der Waals surface area contributed by atoms with Gasteiger partial charge in [-0.25, -0.2) is 0 Å². The van der Waals surface area contributed by atoms with E-state index in [0.717, 1.165) is 25.7 Å². The SMILES string of the molecule is CCCCCCCCCCOC(=O)C(C)(CCCCCC)CCCCCCCCCC. The van der Waals surface area contributed by atoms with Crippen molar-refractivity contribution in [3.8, 4) is 0 Å². The number of esters is 1. The molecule has 0 aromatic carbocycles. The molecule has 0 N–H and O–H groups in total. The monoisotopic (exact) mass is 438 g/mol. The third-order valence-electron chi connectivity index (χ3n) is 6.89. The number of rotatable bonds is 24. The second-order valence-electron chi connectivity index (χ2n) is 10.2. The molecule has 0 spiro atoms. The molecule has 2 heteroatoms. The van der Waals surface area contributed by atoms with Crippen molar-refractivity contribution in [3.05, 3.63) is 0 Å². The highest BCUT2D eigenvalue weighted by atomic mass is 16.5. The van der Waals surface area contributed by atoms with Crippen molar-refractivity contribution in [2.45, 2.75) is 169 Å². The summed E-state index contributed by atoms with van der Waals surface area (Å²) >= 11 is 0. The zero-order chi connectivity index (χ0) is 23.0. The molecule has 0 radical (unpaired) electrons. The van der Waals surface area contributed by atoms with E-state index in [4.69, 9.17) is 4.74 Å². The molecule has 0 aliphatic carbocycles. The van der Waals surface area contributed by atoms with E-state index in [1.807, 2.05) is 0 Å². The smallest absolute Gasteiger partial charge is 0.311 e. The Morgan fingerprint density at radius 1 is 0.516 bits per heavy atom. The lowest BCUT2D eigenvalue weighted by atomic mass is 9.79. The van der Waals surface area contributed by atoms with Crippen molar-refractivity contribution in [3.63, 3.8) is 0 Å². The van der Waals surface area contributed by atoms with Crippen molar-refractivity contribution < 1.29 is 9.53 Å². The predicted octanol–water partition coefficient (Wildman–Crippen LogP) is 10.2. The van der Waals surface area contributed by atoms with Crippen LogP contribution in [-0.2, 0) is 9.53 Å². The fraction of sp³-hybridized carbons (Fsp3) is 0.966. The number of hydrogen-bond acceptors (Lipinski definition) is 2. The Labute approximate surface area is 196 Å². The van der Waals surface area contributed by atoms with E-state index in [9.17, 15) is 4.79 Å². The maximum atomic E-state index is 13.0. The van der Waals surface area contributed by atoms with Crippen LogP contribution < -0.4 is 0 Å². The summed E-state index contributed by atoms with van der Waals surface area (Å²) < 4.78 is 5.79. The van der Waals surface area contributed by atoms with Crippen molar-refractivity contribution in [2.75, 3.05) is 6.61 Å². The molecule has 0 rings (SSSR count). The van der Waals surface area contributed by atoms with Gasteiger partial charge in [-0.15, -0.1) is 0 Å². The topological polar surface area (TPSA) is 26.3 Å². The highest BCUT2D eigenvalue weighted by molar-refractivity contribution is 5.76. The fourth-order valence-electron chi connectivity index (χ4n) is 4.50. The molecular formula is C29H58O2. The molecule has 0 aliphatic rings. The van der Waals surface area contributed by atoms with E-state index in [1.165, 1.54) is 116 Å². The van der Waals surface area contributed by atoms with Gasteiger partial charge < -0.3 is 4.74 Å². The summed E-state index contributed by atoms with van der Waals surface area (Å²) in [6.07, 6.45) is 27.8. The molecule has 0 saturated carbocycles. The van der Waals surface area contributed by atoms with E-state index >= 15 is 0 Å². The lowest BCUT2D eigenvalue weighted by Crippen LogP contribution is -2.30. The first-order valence-electron chi connectivity index (χ1n) is 14.3. The lowest BCUT2D eigenvalue weighted by molar-refractivity contribution is -0.156. The van der Waals surface area contributed by atoms with Crippen molar-refractivity contribution in [1.82, 2.24) is 0 Å². The first kappa shape index (κ1) is 30.5. The van der Waals surface area contributed by atoms with Crippen LogP contribution in [0.5, 0.6) is 0 Å². The molecule has 0 aromatic rings. The quantitative estimate of drug-likeness (QED) is 0.111. The molecule has 1 atom stereocenters. The Balaban J connectivity index is 4.13. The molecule has 0 saturated heterocycles. The van der Waals surface area contributed by atoms with Gasteiger partial charge in [0, 0.05) is 0 Å². The third kappa shape index (κ3) is 18.7. The maximum Gasteiger partial charge on any atom is 0.311 e. The van der Waals surface area contributed by atoms with Crippen LogP contribution >= 0.6 is 0 Å². The summed E-state index contributed by atoms with van der Waals surface area (Å²) in [6.45, 7) is 9.58. The first-order valence-corrected chi connectivity index (χ1v) is 14.3. The van der Waals surface area contributed by atoms with Gasteiger partial charge in [0.05, 0.1) is 12.0 Å². The maximum absolute atomic E-state index is 13.0. The molecular weight excluding hydrogens is 380 g/mol. The van der Waals surface area contributed by atoms with Gasteiger partial charge in [-0.2, -0.15) is 0 Å². The van der Waals surface area contributed by atoms with E-state index < -0.39 is 0 Å². The molecule has 186 valence electrons. The second kappa shape index (κ2) is 22.7. The van der Waals surface area contributed by atoms with Crippen LogP contribution in [0.2, 0.25) is 0 Å². The normalized spacial score (nSPS) is 13.3. The molecule has 31 heavy (non-hydrogen) atoms. The second-order valence-corrected chi connectivity index (χ2v) is 10.2. The van der Waals surface area contributed by atoms with Crippen LogP contribution in [0.3, 0.4) is 0 Å². The van der Waals surface area contributed by atoms with Gasteiger partial charge in [0.15, 0.2) is 0 Å². The van der Waals surface area contributed by atoms with Gasteiger partial charge in [-0.05, 0) is 26.2 Å². The fourth-order valence-corrected chi connectivity index (χ4v) is 4.50. The zero-order valence-corrected chi connectivity index (χ0v) is 22.1. The zero-order valence-electron chi connectivity index (χ0n) is 22.1. The van der Waals surface area contributed by atoms with Gasteiger partial charge in [0.25, 0.3) is 0 Å². The summed E-state index contributed by atoms with van der Waals surface area (Å²) in [4.78, 5) is 13.0. The summed E-state index contributed by atoms with van der Waals surface area (Å²) in [5.74, 6) is 0.0786. The van der Waals surface area contributed by atoms with Gasteiger partial charge in [0.2, 0.25) is 0 Å². The average Bonchev–Trinajstić information content (AvgIpc) is 2.77. The molecule has 1 unspecified atom stereocenters. The first-order chi connectivity index (χ1) is 15.1. The predicted molar refractivity (Wildman–Crippen MR) is 138 cm³/mol. The van der Waals surface area contributed by atoms with Crippen LogP contribution in [0.1, 0.15) is 169 Å². The summed E-state index contributed by atoms with van der Waals surface area (Å²) in [7, 11) is 0. The van der Waals surface area contributed by atoms with Gasteiger partial charge >= 0.3 is 5.97 Å². The molecule has 0 heterocycles. The van der Waals surface area contributed by atoms with Crippen LogP contribution in [0.15, 0.2) is 0 Å². The Bertz CT molecular complexity index is 379. The molecule has 0 fully saturated rings. The number of unbranched alkanes of at least 4 members (excludes halogenated alkanes) is 17. The van der Waals surface area contributed by atoms with E-state index in [0.29, 0.717) is 6.61 Å². The minimum absolute atomic E-state index is 0.0786. The third-order valence-corrected chi connectivity index (χ3v) is 6.89. The Hall–Kier alpha value is -0.530. The minimum Gasteiger partial charge on any atom is -0.465 e. The summed E-state index contributed by atoms with van der Waals surface area (Å²) in [6, 6.07) is 0. The number of carbonyl (C=O) groups excluding carboxylic acids is 1. The van der Waals surface area contributed by atoms with E-state index in [1.54, 1.807) is 0 Å². The number of ether oxygens (including phenoxy) is 1. The number of carbonyl (C=O) groups is 1. The highest BCUT2D eigenvalue weighted by Crippen LogP contribution is 2.33. The van der Waals surface area contributed by atoms with Crippen LogP contribution in [0.25, 0.3) is 0 Å². The van der Waals surface area contributed by atoms with Crippen molar-refractivity contribution in [2.24, 2.45) is 5.41 Å². The van der Waals surface area contributed by atoms with Gasteiger partial charge in [-0.1, -0.05) is 143 Å². The van der Waals surface area contributed by atoms with Crippen molar-refractivity contribution >= 4 is 5.97 Å². The van der Waals surface area contributed by atoms with E-state index in [-0.39, 0.29) is 11.4 Å². The molecule has 0 aromatic heterocycles. The molecule has 0 bridgehead atoms. The average molecular weight is 439 g/mol. The Kier molecular flexibility index (Phi) is 22.3. The standard InChI is InChI=1S/C29H58O2/c1-5-8-11-14-16-18-20-23-26-29(4,25-22-13-10-7-3)28(30)31-27-24-21-19-17-15-12-9-6-2/h5-27H2,1-4H3. The summed E-state index contributed by atoms with van der Waals surface area (Å²) in [5, 5.41) is 0. The molecule has 0 amide bonds. The van der Waals surface area contributed by atoms with Crippen LogP contribution in [0, 0.1) is 5.41 Å². The number of hydrogen-bond donors (Lipinski definition) is 0. The van der Waals surface area contributed by atoms with Crippen LogP contribution in [0.4, 0.5) is 0 Å². The van der Waals surface area contributed by atoms with Gasteiger partial charge in [0.1, 0.15) is 0 Å². The highest BCUT2D eigenvalue weighted by Gasteiger charge is 2.33. The van der Waals surface area contributed by atoms with E-state index in [2.05, 4.69) is 27.7 Å². The van der Waals surface area contributed by atoms with Gasteiger partial charge in [-0.3, -0.25) is 4.79 Å². The van der Waals surface area contributed by atoms with Crippen molar-refractivity contribution in [1.29, 1.82) is 0 Å². The Morgan fingerprint density at radius 3 is 1.26 bits per heavy atom. The lowest BCUT2D eigenvalue weighted by Gasteiger charge is -2.27. The largest absolute Gasteiger partial charge is 0.465 e. The molecule has 0 aliphatic heterocycles. The Morgan fingerprint density at radius 2 is 0.839 bits per heavy atom. The van der Waals surface area contributed by atoms with Crippen LogP contribution in [-0.4, -0.2) is 12.6 Å². The minimum atomic E-state index is -0.268. The molecule has 2 nitrogen and oxygen atoms in total. The summed E-state index contributed by atoms with van der Waals surface area (Å²) in [5.41, 5.74) is -0.268.